The maximum Gasteiger partial charge on any atom is 0.410 e. The molecule has 26 nitrogen and oxygen atoms in total. The highest BCUT2D eigenvalue weighted by atomic mass is 19.1. The molecule has 10 aromatic rings. The Bertz CT molecular complexity index is 5780. The summed E-state index contributed by atoms with van der Waals surface area (Å²) in [6.45, 7) is 26.0. The van der Waals surface area contributed by atoms with Gasteiger partial charge in [0.15, 0.2) is 23.3 Å². The van der Waals surface area contributed by atoms with Gasteiger partial charge in [-0.3, -0.25) is 29.2 Å². The number of nitrogens with two attached hydrogens (primary N) is 2. The summed E-state index contributed by atoms with van der Waals surface area (Å²) < 4.78 is 89.2. The van der Waals surface area contributed by atoms with Gasteiger partial charge in [0.2, 0.25) is 11.8 Å². The minimum absolute atomic E-state index is 0.0278. The largest absolute Gasteiger partial charge is 0.444 e. The Kier molecular flexibility index (Phi) is 27.1. The molecule has 8 saturated heterocycles. The van der Waals surface area contributed by atoms with Crippen molar-refractivity contribution in [3.05, 3.63) is 226 Å². The third-order valence-electron chi connectivity index (χ3n) is 27.5. The molecule has 6 amide bonds. The Labute approximate surface area is 792 Å². The van der Waals surface area contributed by atoms with Gasteiger partial charge in [0.25, 0.3) is 0 Å². The van der Waals surface area contributed by atoms with Crippen molar-refractivity contribution in [3.8, 4) is 0 Å². The second-order valence-corrected chi connectivity index (χ2v) is 41.7. The highest BCUT2D eigenvalue weighted by Gasteiger charge is 2.45. The number of hydrogen-bond donors (Lipinski definition) is 6. The van der Waals surface area contributed by atoms with Crippen LogP contribution < -0.4 is 41.7 Å². The van der Waals surface area contributed by atoms with Crippen LogP contribution in [0.15, 0.2) is 158 Å². The van der Waals surface area contributed by atoms with E-state index in [2.05, 4.69) is 74.0 Å². The van der Waals surface area contributed by atoms with Gasteiger partial charge in [0.1, 0.15) is 57.5 Å². The van der Waals surface area contributed by atoms with Crippen molar-refractivity contribution < 1.29 is 65.3 Å². The number of carbonyl (C=O) groups is 6. The third-order valence-corrected chi connectivity index (χ3v) is 27.5. The van der Waals surface area contributed by atoms with Crippen molar-refractivity contribution in [3.63, 3.8) is 0 Å². The molecule has 18 rings (SSSR count). The minimum atomic E-state index is -0.727. The number of H-pyrrole nitrogens is 2. The normalized spacial score (nSPS) is 21.5. The van der Waals surface area contributed by atoms with Crippen LogP contribution in [0.1, 0.15) is 279 Å². The Morgan fingerprint density at radius 3 is 0.971 bits per heavy atom. The zero-order valence-corrected chi connectivity index (χ0v) is 80.0. The van der Waals surface area contributed by atoms with E-state index in [-0.39, 0.29) is 70.9 Å². The van der Waals surface area contributed by atoms with Gasteiger partial charge in [-0.25, -0.2) is 46.7 Å². The molecule has 5 unspecified atom stereocenters. The zero-order valence-electron chi connectivity index (χ0n) is 80.0. The molecule has 8 aliphatic heterocycles. The number of carbonyl (C=O) groups excluding carboxylic acids is 6. The van der Waals surface area contributed by atoms with Gasteiger partial charge in [-0.15, -0.1) is 0 Å². The average Bonchev–Trinajstić information content (AvgIpc) is 1.59. The van der Waals surface area contributed by atoms with Crippen LogP contribution in [0, 0.1) is 23.3 Å². The first-order chi connectivity index (χ1) is 64.8. The van der Waals surface area contributed by atoms with E-state index in [9.17, 15) is 28.8 Å². The number of ether oxygens (including phenoxy) is 4. The molecule has 0 aliphatic carbocycles. The number of likely N-dealkylation sites (tertiary alicyclic amines) is 4. The van der Waals surface area contributed by atoms with Crippen molar-refractivity contribution in [2.24, 2.45) is 0 Å². The Morgan fingerprint density at radius 1 is 0.346 bits per heavy atom. The summed E-state index contributed by atoms with van der Waals surface area (Å²) in [4.78, 5) is 111. The summed E-state index contributed by atoms with van der Waals surface area (Å²) in [5, 5.41) is 5.84. The molecule has 0 bridgehead atoms. The lowest BCUT2D eigenvalue weighted by Gasteiger charge is -2.36. The van der Waals surface area contributed by atoms with Crippen LogP contribution in [-0.2, 0) is 28.5 Å². The number of nitrogen functional groups attached to an aromatic ring is 2. The maximum atomic E-state index is 16.7. The molecule has 8 atom stereocenters. The highest BCUT2D eigenvalue weighted by molar-refractivity contribution is 6.00. The summed E-state index contributed by atoms with van der Waals surface area (Å²) in [5.41, 5.74) is 22.0. The number of rotatable bonds is 16. The number of aromatic amines is 2. The fraction of sp³-hybridized carbons (Fsp3) is 0.472. The summed E-state index contributed by atoms with van der Waals surface area (Å²) in [7, 11) is 0. The van der Waals surface area contributed by atoms with Gasteiger partial charge >= 0.3 is 24.4 Å². The topological polar surface area (TPSA) is 299 Å². The fourth-order valence-corrected chi connectivity index (χ4v) is 21.4. The number of hydrogen-bond acceptors (Lipinski definition) is 18. The number of nitrogens with one attached hydrogen (secondary N) is 4. The molecule has 0 saturated carbocycles. The lowest BCUT2D eigenvalue weighted by atomic mass is 9.89. The predicted octanol–water partition coefficient (Wildman–Crippen LogP) is 22.6. The summed E-state index contributed by atoms with van der Waals surface area (Å²) >= 11 is 0. The van der Waals surface area contributed by atoms with Crippen LogP contribution in [0.2, 0.25) is 0 Å². The van der Waals surface area contributed by atoms with Crippen LogP contribution in [0.3, 0.4) is 0 Å². The van der Waals surface area contributed by atoms with Crippen LogP contribution in [0.4, 0.5) is 82.2 Å². The Hall–Kier alpha value is -12.8. The fourth-order valence-electron chi connectivity index (χ4n) is 21.4. The number of fused-ring (bicyclic) bond motifs is 2. The van der Waals surface area contributed by atoms with Gasteiger partial charge < -0.3 is 70.6 Å². The Balaban J connectivity index is 0.000000189. The maximum absolute atomic E-state index is 16.7. The summed E-state index contributed by atoms with van der Waals surface area (Å²) in [6.07, 6.45) is 9.44. The second kappa shape index (κ2) is 38.8. The average molecular weight is 1860 g/mol. The van der Waals surface area contributed by atoms with E-state index in [1.54, 1.807) is 80.5 Å². The standard InChI is InChI=1S/C53H66F2N8O6.C53H62F2N8O4/c1-52(2,3)68-50(66)61-24-10-14-45(61)48(64)58-41-18-16-34(28-39(41)56)43-20-21-44(35-17-19-42(40(57)29-35)59-49(65)46-15-11-25-62(46)51(67)69-53(4,5)6)63(43)36-30-37(54)47(38(55)31-36)60-26-22-33(23-27-60)32-12-8-7-9-13-32;1-52(2,3)66-50(64)61-24-10-14-45(61)48-56-39-18-16-34(28-41(39)58-48)43-20-21-44(35-17-19-40-42(29-35)59-49(57-40)46-15-11-25-62(46)51(65)67-53(4,5)6)63(43)36-30-37(54)47(38(55)31-36)60-26-22-33(23-27-60)32-12-8-7-9-13-32/h7-9,12-13,16-19,28-31,33,43-46H,10-11,14-15,20-27,56-57H2,1-6H3,(H,58,64)(H,59,65);7-9,12-13,16-19,28-31,33,43-46H,10-11,14-15,20-27H2,1-6H3,(H,56,58)(H,57,59)/t43-,44?,45?,46+;43-,44?,45?,46?/m11/s1. The van der Waals surface area contributed by atoms with Gasteiger partial charge in [-0.05, 0) is 304 Å². The smallest absolute Gasteiger partial charge is 0.410 e. The molecule has 8 aromatic carbocycles. The van der Waals surface area contributed by atoms with Crippen molar-refractivity contribution in [1.82, 2.24) is 39.5 Å². The third kappa shape index (κ3) is 21.0. The zero-order chi connectivity index (χ0) is 96.1. The van der Waals surface area contributed by atoms with E-state index in [0.29, 0.717) is 137 Å². The van der Waals surface area contributed by atoms with Crippen molar-refractivity contribution >= 4 is 104 Å². The quantitative estimate of drug-likeness (QED) is 0.0297. The number of amides is 6. The number of imidazole rings is 2. The lowest BCUT2D eigenvalue weighted by molar-refractivity contribution is -0.121. The van der Waals surface area contributed by atoms with E-state index in [4.69, 9.17) is 40.4 Å². The molecular formula is C106H128F4N16O10. The van der Waals surface area contributed by atoms with E-state index in [1.807, 2.05) is 112 Å². The number of anilines is 8. The van der Waals surface area contributed by atoms with Crippen molar-refractivity contribution in [2.45, 2.75) is 268 Å². The SMILES string of the molecule is CC(C)(C)OC(=O)N1CCCC1C(=O)Nc1ccc([C@H]2CCC(c3ccc(NC(=O)[C@@H]4CCCN4C(=O)OC(C)(C)C)c(N)c3)N2c2cc(F)c(N3CCC(c4ccccc4)CC3)c(F)c2)cc1N.CC(C)(C)OC(=O)N1CCCC1c1nc2ccc(C3CC[C@H](c4ccc5nc(C6CCCN6C(=O)OC(C)(C)C)[nH]c5c4)N3c3cc(F)c(N4CCC(c5ccccc5)CC4)c(F)c3)cc2[nH]1. The molecule has 0 radical (unpaired) electrons. The van der Waals surface area contributed by atoms with Gasteiger partial charge in [0, 0.05) is 63.7 Å². The molecule has 720 valence electrons. The summed E-state index contributed by atoms with van der Waals surface area (Å²) in [6, 6.07) is 46.2. The molecule has 30 heteroatoms. The summed E-state index contributed by atoms with van der Waals surface area (Å²) in [5.74, 6) is -1.15. The minimum Gasteiger partial charge on any atom is -0.444 e. The van der Waals surface area contributed by atoms with Crippen LogP contribution in [-0.4, -0.2) is 163 Å². The first kappa shape index (κ1) is 95.0. The van der Waals surface area contributed by atoms with Crippen LogP contribution >= 0.6 is 0 Å². The van der Waals surface area contributed by atoms with Crippen molar-refractivity contribution in [1.29, 1.82) is 0 Å². The van der Waals surface area contributed by atoms with E-state index < -0.39 is 82.0 Å². The van der Waals surface area contributed by atoms with Crippen LogP contribution in [0.5, 0.6) is 0 Å². The van der Waals surface area contributed by atoms with Gasteiger partial charge in [-0.1, -0.05) is 84.9 Å². The van der Waals surface area contributed by atoms with E-state index >= 15 is 17.6 Å². The molecule has 10 heterocycles. The molecule has 136 heavy (non-hydrogen) atoms. The molecular weight excluding hydrogens is 1730 g/mol. The lowest BCUT2D eigenvalue weighted by Crippen LogP contribution is -2.45. The Morgan fingerprint density at radius 2 is 0.647 bits per heavy atom. The van der Waals surface area contributed by atoms with Crippen LogP contribution in [0.25, 0.3) is 22.1 Å². The first-order valence-corrected chi connectivity index (χ1v) is 48.3. The van der Waals surface area contributed by atoms with E-state index in [1.165, 1.54) is 45.2 Å². The molecule has 0 spiro atoms. The monoisotopic (exact) mass is 1860 g/mol. The molecule has 8 N–H and O–H groups in total. The number of aromatic nitrogens is 4. The van der Waals surface area contributed by atoms with Gasteiger partial charge in [0.05, 0.1) is 81.1 Å². The molecule has 8 fully saturated rings. The number of halogens is 4. The second-order valence-electron chi connectivity index (χ2n) is 41.7. The molecule has 8 aliphatic rings. The number of benzene rings is 8. The van der Waals surface area contributed by atoms with Gasteiger partial charge in [-0.2, -0.15) is 0 Å². The highest BCUT2D eigenvalue weighted by Crippen LogP contribution is 2.53. The molecule has 2 aromatic heterocycles. The first-order valence-electron chi connectivity index (χ1n) is 48.3. The van der Waals surface area contributed by atoms with Crippen molar-refractivity contribution in [2.75, 3.05) is 94.1 Å². The van der Waals surface area contributed by atoms with E-state index in [0.717, 1.165) is 109 Å². The number of nitrogens with zero attached hydrogens (tertiary/aromatic N) is 10. The number of piperidine rings is 2. The predicted molar refractivity (Wildman–Crippen MR) is 521 cm³/mol.